The Morgan fingerprint density at radius 2 is 2.22 bits per heavy atom. The van der Waals surface area contributed by atoms with Gasteiger partial charge < -0.3 is 15.4 Å². The van der Waals surface area contributed by atoms with E-state index in [1.165, 1.54) is 19.4 Å². The van der Waals surface area contributed by atoms with E-state index in [-0.39, 0.29) is 0 Å². The molecule has 1 unspecified atom stereocenters. The Kier molecular flexibility index (Phi) is 5.47. The van der Waals surface area contributed by atoms with Gasteiger partial charge in [0.15, 0.2) is 0 Å². The predicted octanol–water partition coefficient (Wildman–Crippen LogP) is 2.64. The summed E-state index contributed by atoms with van der Waals surface area (Å²) in [5, 5.41) is 0. The smallest absolute Gasteiger partial charge is 0.133 e. The minimum absolute atomic E-state index is 0.364. The van der Waals surface area contributed by atoms with Gasteiger partial charge in [-0.05, 0) is 53.9 Å². The maximum atomic E-state index is 5.96. The topological polar surface area (TPSA) is 38.5 Å². The normalized spacial score (nSPS) is 20.9. The molecule has 3 nitrogen and oxygen atoms in total. The van der Waals surface area contributed by atoms with Gasteiger partial charge in [-0.1, -0.05) is 12.1 Å². The molecular weight excluding hydrogens is 292 g/mol. The summed E-state index contributed by atoms with van der Waals surface area (Å²) in [7, 11) is 0. The molecule has 1 fully saturated rings. The van der Waals surface area contributed by atoms with Crippen LogP contribution in [0.15, 0.2) is 28.7 Å². The van der Waals surface area contributed by atoms with Crippen molar-refractivity contribution in [3.63, 3.8) is 0 Å². The van der Waals surface area contributed by atoms with Gasteiger partial charge in [-0.25, -0.2) is 0 Å². The Bertz CT molecular complexity index is 373. The van der Waals surface area contributed by atoms with E-state index in [1.54, 1.807) is 0 Å². The molecule has 1 aromatic rings. The summed E-state index contributed by atoms with van der Waals surface area (Å²) < 4.78 is 6.77. The molecule has 0 amide bonds. The van der Waals surface area contributed by atoms with Crippen LogP contribution in [0.25, 0.3) is 0 Å². The van der Waals surface area contributed by atoms with Gasteiger partial charge in [0, 0.05) is 19.1 Å². The van der Waals surface area contributed by atoms with E-state index in [0.29, 0.717) is 6.04 Å². The predicted molar refractivity (Wildman–Crippen MR) is 77.9 cm³/mol. The highest BCUT2D eigenvalue weighted by Gasteiger charge is 2.15. The molecule has 1 saturated heterocycles. The van der Waals surface area contributed by atoms with Crippen LogP contribution < -0.4 is 10.5 Å². The van der Waals surface area contributed by atoms with Gasteiger partial charge in [-0.15, -0.1) is 0 Å². The van der Waals surface area contributed by atoms with E-state index in [0.717, 1.165) is 36.3 Å². The number of para-hydroxylation sites is 1. The quantitative estimate of drug-likeness (QED) is 0.849. The fraction of sp³-hybridized carbons (Fsp3) is 0.571. The third-order valence-corrected chi connectivity index (χ3v) is 3.91. The molecule has 0 radical (unpaired) electrons. The maximum absolute atomic E-state index is 5.96. The van der Waals surface area contributed by atoms with Gasteiger partial charge in [0.2, 0.25) is 0 Å². The zero-order valence-electron chi connectivity index (χ0n) is 10.6. The van der Waals surface area contributed by atoms with Crippen LogP contribution in [0.5, 0.6) is 5.75 Å². The first-order valence-corrected chi connectivity index (χ1v) is 7.40. The monoisotopic (exact) mass is 312 g/mol. The number of hydrogen-bond acceptors (Lipinski definition) is 3. The van der Waals surface area contributed by atoms with Crippen LogP contribution in [0.4, 0.5) is 0 Å². The SMILES string of the molecule is NC1CCCN(CCCOc2ccccc2Br)C1. The first-order valence-electron chi connectivity index (χ1n) is 6.61. The van der Waals surface area contributed by atoms with E-state index in [2.05, 4.69) is 20.8 Å². The molecule has 1 atom stereocenters. The number of nitrogens with zero attached hydrogens (tertiary/aromatic N) is 1. The minimum Gasteiger partial charge on any atom is -0.492 e. The molecule has 1 heterocycles. The molecule has 100 valence electrons. The average Bonchev–Trinajstić information content (AvgIpc) is 2.37. The lowest BCUT2D eigenvalue weighted by molar-refractivity contribution is 0.190. The Morgan fingerprint density at radius 3 is 3.00 bits per heavy atom. The molecule has 2 N–H and O–H groups in total. The number of rotatable bonds is 5. The van der Waals surface area contributed by atoms with E-state index in [9.17, 15) is 0 Å². The third kappa shape index (κ3) is 4.26. The highest BCUT2D eigenvalue weighted by molar-refractivity contribution is 9.10. The van der Waals surface area contributed by atoms with Gasteiger partial charge in [0.25, 0.3) is 0 Å². The highest BCUT2D eigenvalue weighted by atomic mass is 79.9. The zero-order valence-corrected chi connectivity index (χ0v) is 12.2. The van der Waals surface area contributed by atoms with Crippen molar-refractivity contribution < 1.29 is 4.74 Å². The number of likely N-dealkylation sites (tertiary alicyclic amines) is 1. The molecule has 1 aromatic carbocycles. The lowest BCUT2D eigenvalue weighted by atomic mass is 10.1. The van der Waals surface area contributed by atoms with Crippen molar-refractivity contribution in [3.8, 4) is 5.75 Å². The molecule has 18 heavy (non-hydrogen) atoms. The zero-order chi connectivity index (χ0) is 12.8. The number of halogens is 1. The summed E-state index contributed by atoms with van der Waals surface area (Å²) in [5.74, 6) is 0.924. The van der Waals surface area contributed by atoms with Crippen molar-refractivity contribution in [2.24, 2.45) is 5.73 Å². The second kappa shape index (κ2) is 7.12. The van der Waals surface area contributed by atoms with Gasteiger partial charge in [0.05, 0.1) is 11.1 Å². The summed E-state index contributed by atoms with van der Waals surface area (Å²) in [5.41, 5.74) is 5.96. The fourth-order valence-electron chi connectivity index (χ4n) is 2.33. The van der Waals surface area contributed by atoms with E-state index in [4.69, 9.17) is 10.5 Å². The second-order valence-electron chi connectivity index (χ2n) is 4.84. The maximum Gasteiger partial charge on any atom is 0.133 e. The molecule has 2 rings (SSSR count). The van der Waals surface area contributed by atoms with Crippen molar-refractivity contribution in [2.75, 3.05) is 26.2 Å². The molecule has 0 bridgehead atoms. The first-order chi connectivity index (χ1) is 8.75. The molecule has 0 spiro atoms. The number of ether oxygens (including phenoxy) is 1. The standard InChI is InChI=1S/C14H21BrN2O/c15-13-6-1-2-7-14(13)18-10-4-9-17-8-3-5-12(16)11-17/h1-2,6-7,12H,3-5,8-11,16H2. The molecule has 0 aliphatic carbocycles. The molecule has 4 heteroatoms. The van der Waals surface area contributed by atoms with Gasteiger partial charge in [-0.2, -0.15) is 0 Å². The Balaban J connectivity index is 1.65. The van der Waals surface area contributed by atoms with Gasteiger partial charge in [0.1, 0.15) is 5.75 Å². The van der Waals surface area contributed by atoms with E-state index in [1.807, 2.05) is 24.3 Å². The summed E-state index contributed by atoms with van der Waals surface area (Å²) in [6, 6.07) is 8.33. The van der Waals surface area contributed by atoms with Crippen LogP contribution in [-0.2, 0) is 0 Å². The molecule has 1 aliphatic heterocycles. The second-order valence-corrected chi connectivity index (χ2v) is 5.69. The molecule has 0 saturated carbocycles. The number of piperidine rings is 1. The van der Waals surface area contributed by atoms with E-state index >= 15 is 0 Å². The van der Waals surface area contributed by atoms with Crippen molar-refractivity contribution in [3.05, 3.63) is 28.7 Å². The van der Waals surface area contributed by atoms with Crippen LogP contribution >= 0.6 is 15.9 Å². The van der Waals surface area contributed by atoms with E-state index < -0.39 is 0 Å². The average molecular weight is 313 g/mol. The number of hydrogen-bond donors (Lipinski definition) is 1. The van der Waals surface area contributed by atoms with Crippen molar-refractivity contribution in [1.29, 1.82) is 0 Å². The third-order valence-electron chi connectivity index (χ3n) is 3.25. The van der Waals surface area contributed by atoms with Crippen molar-refractivity contribution in [1.82, 2.24) is 4.90 Å². The van der Waals surface area contributed by atoms with Crippen molar-refractivity contribution >= 4 is 15.9 Å². The summed E-state index contributed by atoms with van der Waals surface area (Å²) in [6.07, 6.45) is 3.45. The summed E-state index contributed by atoms with van der Waals surface area (Å²) in [4.78, 5) is 2.44. The molecule has 1 aliphatic rings. The van der Waals surface area contributed by atoms with Gasteiger partial charge >= 0.3 is 0 Å². The van der Waals surface area contributed by atoms with Gasteiger partial charge in [-0.3, -0.25) is 0 Å². The minimum atomic E-state index is 0.364. The molecular formula is C14H21BrN2O. The van der Waals surface area contributed by atoms with Crippen LogP contribution in [0, 0.1) is 0 Å². The molecule has 0 aromatic heterocycles. The Morgan fingerprint density at radius 1 is 1.39 bits per heavy atom. The lowest BCUT2D eigenvalue weighted by Gasteiger charge is -2.30. The highest BCUT2D eigenvalue weighted by Crippen LogP contribution is 2.23. The Hall–Kier alpha value is -0.580. The van der Waals surface area contributed by atoms with Crippen LogP contribution in [0.1, 0.15) is 19.3 Å². The summed E-state index contributed by atoms with van der Waals surface area (Å²) in [6.45, 7) is 4.06. The largest absolute Gasteiger partial charge is 0.492 e. The summed E-state index contributed by atoms with van der Waals surface area (Å²) >= 11 is 3.48. The van der Waals surface area contributed by atoms with Crippen LogP contribution in [0.2, 0.25) is 0 Å². The van der Waals surface area contributed by atoms with Crippen molar-refractivity contribution in [2.45, 2.75) is 25.3 Å². The fourth-order valence-corrected chi connectivity index (χ4v) is 2.73. The van der Waals surface area contributed by atoms with Crippen LogP contribution in [-0.4, -0.2) is 37.2 Å². The first kappa shape index (κ1) is 13.8. The number of benzene rings is 1. The Labute approximate surface area is 117 Å². The van der Waals surface area contributed by atoms with Crippen LogP contribution in [0.3, 0.4) is 0 Å². The number of nitrogens with two attached hydrogens (primary N) is 1. The lowest BCUT2D eigenvalue weighted by Crippen LogP contribution is -2.43.